The van der Waals surface area contributed by atoms with Gasteiger partial charge in [-0.05, 0) is 42.5 Å². The minimum absolute atomic E-state index is 0. The van der Waals surface area contributed by atoms with Gasteiger partial charge in [-0.15, -0.1) is 0 Å². The molecule has 2 rings (SSSR count). The summed E-state index contributed by atoms with van der Waals surface area (Å²) in [7, 11) is 0. The molecule has 25 heavy (non-hydrogen) atoms. The van der Waals surface area contributed by atoms with Crippen LogP contribution in [0.2, 0.25) is 0 Å². The second-order valence-electron chi connectivity index (χ2n) is 4.38. The van der Waals surface area contributed by atoms with E-state index in [2.05, 4.69) is 0 Å². The van der Waals surface area contributed by atoms with Crippen LogP contribution in [0.15, 0.2) is 48.5 Å². The molecule has 0 aromatic heterocycles. The van der Waals surface area contributed by atoms with Crippen LogP contribution in [0, 0.1) is 0 Å². The Hall–Kier alpha value is -2.68. The van der Waals surface area contributed by atoms with Crippen LogP contribution in [0.4, 0.5) is 0 Å². The molecule has 9 heteroatoms. The first kappa shape index (κ1) is 22.3. The average molecular weight is 356 g/mol. The van der Waals surface area contributed by atoms with Crippen molar-refractivity contribution in [3.05, 3.63) is 70.8 Å². The number of carboxylic acids is 4. The second-order valence-corrected chi connectivity index (χ2v) is 4.38. The van der Waals surface area contributed by atoms with E-state index in [1.165, 1.54) is 42.5 Å². The van der Waals surface area contributed by atoms with Gasteiger partial charge in [-0.3, -0.25) is 0 Å². The summed E-state index contributed by atoms with van der Waals surface area (Å²) in [5.74, 6) is -4.38. The third-order valence-corrected chi connectivity index (χ3v) is 2.74. The van der Waals surface area contributed by atoms with E-state index in [-0.39, 0.29) is 51.8 Å². The fourth-order valence-corrected chi connectivity index (χ4v) is 1.54. The van der Waals surface area contributed by atoms with Crippen molar-refractivity contribution in [2.45, 2.75) is 0 Å². The Labute approximate surface area is 163 Å². The van der Waals surface area contributed by atoms with Gasteiger partial charge in [0.15, 0.2) is 0 Å². The maximum atomic E-state index is 10.4. The van der Waals surface area contributed by atoms with E-state index in [1.54, 1.807) is 0 Å². The van der Waals surface area contributed by atoms with Gasteiger partial charge in [0.1, 0.15) is 0 Å². The molecule has 126 valence electrons. The second kappa shape index (κ2) is 10.2. The number of carbonyl (C=O) groups is 4. The van der Waals surface area contributed by atoms with Crippen LogP contribution < -0.4 is 0 Å². The molecule has 0 saturated carbocycles. The van der Waals surface area contributed by atoms with E-state index in [1.807, 2.05) is 0 Å². The number of rotatable bonds is 4. The summed E-state index contributed by atoms with van der Waals surface area (Å²) in [5, 5.41) is 33.9. The normalized spacial score (nSPS) is 8.96. The molecule has 0 aliphatic carbocycles. The van der Waals surface area contributed by atoms with Gasteiger partial charge < -0.3 is 20.4 Å². The Kier molecular flexibility index (Phi) is 9.14. The fourth-order valence-electron chi connectivity index (χ4n) is 1.54. The molecule has 2 aromatic carbocycles. The molecule has 0 amide bonds. The van der Waals surface area contributed by atoms with Crippen LogP contribution in [0.25, 0.3) is 0 Å². The molecule has 0 bridgehead atoms. The Morgan fingerprint density at radius 1 is 0.520 bits per heavy atom. The third kappa shape index (κ3) is 7.17. The van der Waals surface area contributed by atoms with Crippen LogP contribution in [0.5, 0.6) is 0 Å². The molecule has 0 aliphatic heterocycles. The van der Waals surface area contributed by atoms with Crippen molar-refractivity contribution >= 4 is 53.4 Å². The Morgan fingerprint density at radius 3 is 1.04 bits per heavy atom. The van der Waals surface area contributed by atoms with Crippen molar-refractivity contribution in [1.82, 2.24) is 0 Å². The van der Waals surface area contributed by atoms with Gasteiger partial charge in [-0.1, -0.05) is 6.07 Å². The zero-order valence-corrected chi connectivity index (χ0v) is 12.0. The molecule has 0 aliphatic rings. The van der Waals surface area contributed by atoms with Crippen molar-refractivity contribution in [3.8, 4) is 0 Å². The van der Waals surface area contributed by atoms with Gasteiger partial charge in [0.25, 0.3) is 0 Å². The van der Waals surface area contributed by atoms with Crippen molar-refractivity contribution < 1.29 is 39.6 Å². The Morgan fingerprint density at radius 2 is 0.800 bits per heavy atom. The Balaban J connectivity index is 0.000000443. The number of hydrogen-bond acceptors (Lipinski definition) is 4. The topological polar surface area (TPSA) is 149 Å². The summed E-state index contributed by atoms with van der Waals surface area (Å²) in [6.07, 6.45) is 0. The summed E-state index contributed by atoms with van der Waals surface area (Å²) >= 11 is 0. The van der Waals surface area contributed by atoms with E-state index in [0.29, 0.717) is 0 Å². The zero-order valence-electron chi connectivity index (χ0n) is 12.0. The van der Waals surface area contributed by atoms with Crippen LogP contribution in [-0.4, -0.2) is 73.9 Å². The molecule has 0 radical (unpaired) electrons. The van der Waals surface area contributed by atoms with Gasteiger partial charge in [-0.25, -0.2) is 19.2 Å². The molecule has 2 aromatic rings. The molecule has 0 saturated heterocycles. The van der Waals surface area contributed by atoms with Crippen molar-refractivity contribution in [1.29, 1.82) is 0 Å². The number of hydrogen-bond donors (Lipinski definition) is 4. The number of carboxylic acid groups (broad SMARTS) is 4. The summed E-state index contributed by atoms with van der Waals surface area (Å²) in [6, 6.07) is 10.2. The Bertz CT molecular complexity index is 721. The van der Waals surface area contributed by atoms with Crippen LogP contribution in [-0.2, 0) is 0 Å². The molecular weight excluding hydrogens is 343 g/mol. The van der Waals surface area contributed by atoms with Gasteiger partial charge >= 0.3 is 53.4 Å². The van der Waals surface area contributed by atoms with Crippen molar-refractivity contribution in [3.63, 3.8) is 0 Å². The van der Waals surface area contributed by atoms with Crippen LogP contribution in [0.3, 0.4) is 0 Å². The molecule has 0 spiro atoms. The van der Waals surface area contributed by atoms with Crippen LogP contribution in [0.1, 0.15) is 41.4 Å². The van der Waals surface area contributed by atoms with E-state index in [4.69, 9.17) is 20.4 Å². The van der Waals surface area contributed by atoms with E-state index >= 15 is 0 Å². The first-order valence-corrected chi connectivity index (χ1v) is 6.35. The van der Waals surface area contributed by atoms with Gasteiger partial charge in [0.2, 0.25) is 0 Å². The molecule has 0 heterocycles. The standard InChI is InChI=1S/2C8H6O4.Na.H/c9-7(10)5-1-2-6(4-3-5)8(11)12;9-7(10)5-2-1-3-6(4-5)8(11)12;;/h2*1-4H,(H,9,10)(H,11,12);;. The molecule has 0 fully saturated rings. The van der Waals surface area contributed by atoms with Gasteiger partial charge in [-0.2, -0.15) is 0 Å². The van der Waals surface area contributed by atoms with E-state index in [9.17, 15) is 19.2 Å². The molecular formula is C16H13NaO8. The molecule has 0 unspecified atom stereocenters. The van der Waals surface area contributed by atoms with Gasteiger partial charge in [0, 0.05) is 0 Å². The monoisotopic (exact) mass is 356 g/mol. The molecule has 0 atom stereocenters. The first-order chi connectivity index (χ1) is 11.2. The summed E-state index contributed by atoms with van der Waals surface area (Å²) in [4.78, 5) is 41.4. The molecule has 8 nitrogen and oxygen atoms in total. The summed E-state index contributed by atoms with van der Waals surface area (Å²) < 4.78 is 0. The number of aromatic carboxylic acids is 4. The SMILES string of the molecule is O=C(O)c1ccc(C(=O)O)cc1.O=C(O)c1cccc(C(=O)O)c1.[NaH]. The van der Waals surface area contributed by atoms with E-state index in [0.717, 1.165) is 6.07 Å². The van der Waals surface area contributed by atoms with Crippen LogP contribution >= 0.6 is 0 Å². The maximum absolute atomic E-state index is 10.4. The fraction of sp³-hybridized carbons (Fsp3) is 0. The van der Waals surface area contributed by atoms with Crippen molar-refractivity contribution in [2.75, 3.05) is 0 Å². The van der Waals surface area contributed by atoms with Crippen molar-refractivity contribution in [2.24, 2.45) is 0 Å². The first-order valence-electron chi connectivity index (χ1n) is 6.35. The minimum atomic E-state index is -1.13. The third-order valence-electron chi connectivity index (χ3n) is 2.74. The number of benzene rings is 2. The summed E-state index contributed by atoms with van der Waals surface area (Å²) in [5.41, 5.74) is 0.129. The predicted molar refractivity (Wildman–Crippen MR) is 87.9 cm³/mol. The van der Waals surface area contributed by atoms with E-state index < -0.39 is 23.9 Å². The zero-order chi connectivity index (χ0) is 18.3. The quantitative estimate of drug-likeness (QED) is 0.602. The summed E-state index contributed by atoms with van der Waals surface area (Å²) in [6.45, 7) is 0. The average Bonchev–Trinajstić information content (AvgIpc) is 2.55. The predicted octanol–water partition coefficient (Wildman–Crippen LogP) is 1.52. The molecule has 4 N–H and O–H groups in total. The van der Waals surface area contributed by atoms with Gasteiger partial charge in [0.05, 0.1) is 22.3 Å².